The molecule has 1 aromatic rings. The highest BCUT2D eigenvalue weighted by Gasteiger charge is 2.27. The molecule has 4 nitrogen and oxygen atoms in total. The van der Waals surface area contributed by atoms with Gasteiger partial charge in [0, 0.05) is 18.5 Å². The Bertz CT molecular complexity index is 383. The first-order valence-electron chi connectivity index (χ1n) is 7.28. The van der Waals surface area contributed by atoms with Crippen LogP contribution in [-0.2, 0) is 11.3 Å². The lowest BCUT2D eigenvalue weighted by Gasteiger charge is -2.38. The third-order valence-corrected chi connectivity index (χ3v) is 4.38. The van der Waals surface area contributed by atoms with E-state index < -0.39 is 0 Å². The number of morpholine rings is 1. The average molecular weight is 283 g/mol. The Balaban J connectivity index is 1.99. The highest BCUT2D eigenvalue weighted by molar-refractivity contribution is 7.13. The summed E-state index contributed by atoms with van der Waals surface area (Å²) in [6, 6.07) is 0.471. The summed E-state index contributed by atoms with van der Waals surface area (Å²) in [5.74, 6) is 0. The molecule has 5 heteroatoms. The van der Waals surface area contributed by atoms with Gasteiger partial charge in [0.05, 0.1) is 24.4 Å². The Hall–Kier alpha value is -0.650. The van der Waals surface area contributed by atoms with E-state index in [0.717, 1.165) is 49.9 Å². The van der Waals surface area contributed by atoms with Crippen molar-refractivity contribution in [3.63, 3.8) is 0 Å². The van der Waals surface area contributed by atoms with E-state index in [4.69, 9.17) is 9.72 Å². The quantitative estimate of drug-likeness (QED) is 0.815. The lowest BCUT2D eigenvalue weighted by Crippen LogP contribution is -2.48. The van der Waals surface area contributed by atoms with Crippen molar-refractivity contribution in [1.29, 1.82) is 0 Å². The second-order valence-electron chi connectivity index (χ2n) is 5.16. The molecule has 1 saturated heterocycles. The van der Waals surface area contributed by atoms with Gasteiger partial charge in [0.25, 0.3) is 0 Å². The Kier molecular flexibility index (Phi) is 5.60. The highest BCUT2D eigenvalue weighted by atomic mass is 32.1. The normalized spacial score (nSPS) is 23.8. The second-order valence-corrected chi connectivity index (χ2v) is 5.99. The van der Waals surface area contributed by atoms with E-state index in [9.17, 15) is 0 Å². The van der Waals surface area contributed by atoms with Crippen LogP contribution in [0, 0.1) is 0 Å². The maximum atomic E-state index is 5.74. The molecule has 0 radical (unpaired) electrons. The van der Waals surface area contributed by atoms with Crippen LogP contribution in [0.1, 0.15) is 39.3 Å². The molecular formula is C14H25N3OS. The van der Waals surface area contributed by atoms with E-state index in [1.165, 1.54) is 0 Å². The number of nitrogens with one attached hydrogen (secondary N) is 1. The van der Waals surface area contributed by atoms with Crippen molar-refractivity contribution in [3.05, 3.63) is 11.1 Å². The molecule has 2 heterocycles. The van der Waals surface area contributed by atoms with Crippen molar-refractivity contribution in [2.24, 2.45) is 0 Å². The molecule has 0 saturated carbocycles. The first kappa shape index (κ1) is 14.8. The average Bonchev–Trinajstić information content (AvgIpc) is 2.88. The molecule has 0 bridgehead atoms. The van der Waals surface area contributed by atoms with Gasteiger partial charge in [-0.3, -0.25) is 0 Å². The van der Waals surface area contributed by atoms with Gasteiger partial charge in [0.15, 0.2) is 5.13 Å². The van der Waals surface area contributed by atoms with Crippen molar-refractivity contribution in [2.75, 3.05) is 24.6 Å². The van der Waals surface area contributed by atoms with Crippen LogP contribution in [0.3, 0.4) is 0 Å². The van der Waals surface area contributed by atoms with Gasteiger partial charge >= 0.3 is 0 Å². The zero-order chi connectivity index (χ0) is 13.7. The molecule has 2 rings (SSSR count). The summed E-state index contributed by atoms with van der Waals surface area (Å²) in [7, 11) is 0. The first-order valence-corrected chi connectivity index (χ1v) is 8.15. The molecule has 0 amide bonds. The summed E-state index contributed by atoms with van der Waals surface area (Å²) in [4.78, 5) is 7.18. The molecule has 2 unspecified atom stereocenters. The maximum absolute atomic E-state index is 5.74. The first-order chi connectivity index (χ1) is 9.24. The molecular weight excluding hydrogens is 258 g/mol. The van der Waals surface area contributed by atoms with Crippen LogP contribution in [0.5, 0.6) is 0 Å². The van der Waals surface area contributed by atoms with Crippen LogP contribution in [0.15, 0.2) is 5.38 Å². The van der Waals surface area contributed by atoms with Gasteiger partial charge in [0.2, 0.25) is 0 Å². The molecule has 0 spiro atoms. The van der Waals surface area contributed by atoms with Crippen LogP contribution in [0.2, 0.25) is 0 Å². The van der Waals surface area contributed by atoms with Gasteiger partial charge in [-0.25, -0.2) is 4.98 Å². The van der Waals surface area contributed by atoms with E-state index in [1.54, 1.807) is 11.3 Å². The monoisotopic (exact) mass is 283 g/mol. The number of hydrogen-bond donors (Lipinski definition) is 1. The van der Waals surface area contributed by atoms with Gasteiger partial charge < -0.3 is 15.0 Å². The SMILES string of the molecule is CCCNCc1csc(N2CC(C)OCC2CC)n1. The molecule has 1 N–H and O–H groups in total. The molecule has 2 atom stereocenters. The minimum atomic E-state index is 0.299. The number of anilines is 1. The van der Waals surface area contributed by atoms with Crippen molar-refractivity contribution in [2.45, 2.75) is 52.3 Å². The van der Waals surface area contributed by atoms with Gasteiger partial charge in [-0.15, -0.1) is 11.3 Å². The van der Waals surface area contributed by atoms with Crippen LogP contribution in [-0.4, -0.2) is 36.8 Å². The fourth-order valence-corrected chi connectivity index (χ4v) is 3.23. The Morgan fingerprint density at radius 3 is 3.11 bits per heavy atom. The number of ether oxygens (including phenoxy) is 1. The number of aromatic nitrogens is 1. The lowest BCUT2D eigenvalue weighted by atomic mass is 10.1. The Labute approximate surface area is 120 Å². The van der Waals surface area contributed by atoms with E-state index >= 15 is 0 Å². The minimum absolute atomic E-state index is 0.299. The molecule has 0 aliphatic carbocycles. The van der Waals surface area contributed by atoms with Crippen molar-refractivity contribution in [3.8, 4) is 0 Å². The standard InChI is InChI=1S/C14H25N3OS/c1-4-6-15-7-12-10-19-14(16-12)17-8-11(3)18-9-13(17)5-2/h10-11,13,15H,4-9H2,1-3H3. The summed E-state index contributed by atoms with van der Waals surface area (Å²) >= 11 is 1.75. The Morgan fingerprint density at radius 1 is 1.53 bits per heavy atom. The lowest BCUT2D eigenvalue weighted by molar-refractivity contribution is 0.0299. The largest absolute Gasteiger partial charge is 0.375 e. The number of rotatable bonds is 6. The third kappa shape index (κ3) is 3.91. The Morgan fingerprint density at radius 2 is 2.37 bits per heavy atom. The van der Waals surface area contributed by atoms with Crippen LogP contribution in [0.4, 0.5) is 5.13 Å². The predicted octanol–water partition coefficient (Wildman–Crippen LogP) is 2.65. The summed E-state index contributed by atoms with van der Waals surface area (Å²) in [5, 5.41) is 6.72. The fourth-order valence-electron chi connectivity index (χ4n) is 2.32. The molecule has 1 aliphatic heterocycles. The topological polar surface area (TPSA) is 37.4 Å². The van der Waals surface area contributed by atoms with E-state index in [1.807, 2.05) is 0 Å². The van der Waals surface area contributed by atoms with Gasteiger partial charge in [-0.05, 0) is 26.3 Å². The van der Waals surface area contributed by atoms with Gasteiger partial charge in [0.1, 0.15) is 0 Å². The zero-order valence-electron chi connectivity index (χ0n) is 12.2. The summed E-state index contributed by atoms with van der Waals surface area (Å²) in [5.41, 5.74) is 1.16. The molecule has 1 fully saturated rings. The molecule has 1 aliphatic rings. The smallest absolute Gasteiger partial charge is 0.185 e. The second kappa shape index (κ2) is 7.22. The molecule has 1 aromatic heterocycles. The number of hydrogen-bond acceptors (Lipinski definition) is 5. The van der Waals surface area contributed by atoms with Crippen LogP contribution < -0.4 is 10.2 Å². The van der Waals surface area contributed by atoms with Crippen LogP contribution >= 0.6 is 11.3 Å². The minimum Gasteiger partial charge on any atom is -0.375 e. The zero-order valence-corrected chi connectivity index (χ0v) is 13.0. The van der Waals surface area contributed by atoms with E-state index in [2.05, 4.69) is 36.4 Å². The van der Waals surface area contributed by atoms with Gasteiger partial charge in [-0.2, -0.15) is 0 Å². The van der Waals surface area contributed by atoms with Crippen LogP contribution in [0.25, 0.3) is 0 Å². The fraction of sp³-hybridized carbons (Fsp3) is 0.786. The van der Waals surface area contributed by atoms with Gasteiger partial charge in [-0.1, -0.05) is 13.8 Å². The number of nitrogens with zero attached hydrogens (tertiary/aromatic N) is 2. The predicted molar refractivity (Wildman–Crippen MR) is 81.0 cm³/mol. The third-order valence-electron chi connectivity index (χ3n) is 3.46. The molecule has 19 heavy (non-hydrogen) atoms. The van der Waals surface area contributed by atoms with Crippen molar-refractivity contribution in [1.82, 2.24) is 10.3 Å². The maximum Gasteiger partial charge on any atom is 0.185 e. The van der Waals surface area contributed by atoms with E-state index in [0.29, 0.717) is 12.1 Å². The summed E-state index contributed by atoms with van der Waals surface area (Å²) in [6.45, 7) is 10.2. The van der Waals surface area contributed by atoms with E-state index in [-0.39, 0.29) is 0 Å². The van der Waals surface area contributed by atoms with Crippen molar-refractivity contribution >= 4 is 16.5 Å². The summed E-state index contributed by atoms with van der Waals surface area (Å²) in [6.07, 6.45) is 2.57. The molecule has 0 aromatic carbocycles. The summed E-state index contributed by atoms with van der Waals surface area (Å²) < 4.78 is 5.74. The highest BCUT2D eigenvalue weighted by Crippen LogP contribution is 2.26. The number of thiazole rings is 1. The molecule has 108 valence electrons. The van der Waals surface area contributed by atoms with Crippen molar-refractivity contribution < 1.29 is 4.74 Å².